The first-order valence-corrected chi connectivity index (χ1v) is 6.22. The first kappa shape index (κ1) is 11.4. The van der Waals surface area contributed by atoms with E-state index in [1.807, 2.05) is 6.07 Å². The Labute approximate surface area is 105 Å². The minimum Gasteiger partial charge on any atom is -0.358 e. The van der Waals surface area contributed by atoms with Gasteiger partial charge in [0.2, 0.25) is 5.82 Å². The van der Waals surface area contributed by atoms with E-state index in [1.54, 1.807) is 6.07 Å². The molecule has 0 saturated carbocycles. The number of nitro groups is 1. The standard InChI is InChI=1S/C12H16N4O2/c1-14-7-9-5-6-15(10(9)8-14)11-3-2-4-12(13-11)16(17)18/h2-4,9-10H,5-8H2,1H3. The molecule has 18 heavy (non-hydrogen) atoms. The number of pyridine rings is 1. The van der Waals surface area contributed by atoms with E-state index in [0.717, 1.165) is 31.9 Å². The summed E-state index contributed by atoms with van der Waals surface area (Å²) in [5, 5.41) is 10.8. The molecule has 0 aromatic carbocycles. The predicted octanol–water partition coefficient (Wildman–Crippen LogP) is 1.13. The lowest BCUT2D eigenvalue weighted by Gasteiger charge is -2.22. The van der Waals surface area contributed by atoms with E-state index in [9.17, 15) is 10.1 Å². The van der Waals surface area contributed by atoms with Crippen LogP contribution in [0, 0.1) is 16.0 Å². The monoisotopic (exact) mass is 248 g/mol. The molecular formula is C12H16N4O2. The molecule has 0 N–H and O–H groups in total. The van der Waals surface area contributed by atoms with Crippen LogP contribution >= 0.6 is 0 Å². The third kappa shape index (κ3) is 1.82. The maximum absolute atomic E-state index is 10.8. The maximum Gasteiger partial charge on any atom is 0.365 e. The highest BCUT2D eigenvalue weighted by atomic mass is 16.6. The van der Waals surface area contributed by atoms with Gasteiger partial charge in [-0.2, -0.15) is 0 Å². The molecule has 6 nitrogen and oxygen atoms in total. The summed E-state index contributed by atoms with van der Waals surface area (Å²) in [5.41, 5.74) is 0. The molecule has 2 fully saturated rings. The number of rotatable bonds is 2. The van der Waals surface area contributed by atoms with Gasteiger partial charge in [0.15, 0.2) is 0 Å². The molecule has 3 heterocycles. The lowest BCUT2D eigenvalue weighted by atomic mass is 10.1. The van der Waals surface area contributed by atoms with E-state index in [2.05, 4.69) is 21.8 Å². The summed E-state index contributed by atoms with van der Waals surface area (Å²) < 4.78 is 0. The molecule has 2 aliphatic heterocycles. The zero-order valence-corrected chi connectivity index (χ0v) is 10.3. The van der Waals surface area contributed by atoms with Crippen LogP contribution in [0.15, 0.2) is 18.2 Å². The molecule has 6 heteroatoms. The summed E-state index contributed by atoms with van der Waals surface area (Å²) in [6.45, 7) is 3.10. The normalized spacial score (nSPS) is 27.5. The Morgan fingerprint density at radius 2 is 2.28 bits per heavy atom. The van der Waals surface area contributed by atoms with Gasteiger partial charge in [-0.15, -0.1) is 0 Å². The number of hydrogen-bond acceptors (Lipinski definition) is 5. The number of fused-ring (bicyclic) bond motifs is 1. The van der Waals surface area contributed by atoms with Crippen molar-refractivity contribution in [2.24, 2.45) is 5.92 Å². The molecule has 2 atom stereocenters. The third-order valence-electron chi connectivity index (χ3n) is 3.93. The highest BCUT2D eigenvalue weighted by Gasteiger charge is 2.41. The second-order valence-corrected chi connectivity index (χ2v) is 5.14. The lowest BCUT2D eigenvalue weighted by molar-refractivity contribution is -0.389. The van der Waals surface area contributed by atoms with Crippen molar-refractivity contribution < 1.29 is 4.92 Å². The highest BCUT2D eigenvalue weighted by molar-refractivity contribution is 5.45. The van der Waals surface area contributed by atoms with Gasteiger partial charge in [0.25, 0.3) is 0 Å². The van der Waals surface area contributed by atoms with Crippen molar-refractivity contribution in [2.75, 3.05) is 31.6 Å². The Hall–Kier alpha value is -1.69. The number of likely N-dealkylation sites (tertiary alicyclic amines) is 1. The first-order valence-electron chi connectivity index (χ1n) is 6.22. The molecule has 96 valence electrons. The van der Waals surface area contributed by atoms with Crippen LogP contribution in [0.5, 0.6) is 0 Å². The molecule has 2 aliphatic rings. The van der Waals surface area contributed by atoms with Gasteiger partial charge >= 0.3 is 5.82 Å². The van der Waals surface area contributed by atoms with Crippen LogP contribution in [-0.4, -0.2) is 47.5 Å². The van der Waals surface area contributed by atoms with Crippen LogP contribution in [0.1, 0.15) is 6.42 Å². The second-order valence-electron chi connectivity index (χ2n) is 5.14. The summed E-state index contributed by atoms with van der Waals surface area (Å²) in [4.78, 5) is 19.0. The fraction of sp³-hybridized carbons (Fsp3) is 0.583. The van der Waals surface area contributed by atoms with Gasteiger partial charge in [-0.3, -0.25) is 0 Å². The Morgan fingerprint density at radius 3 is 3.06 bits per heavy atom. The van der Waals surface area contributed by atoms with Crippen LogP contribution < -0.4 is 4.90 Å². The molecular weight excluding hydrogens is 232 g/mol. The van der Waals surface area contributed by atoms with Gasteiger partial charge in [0.1, 0.15) is 0 Å². The van der Waals surface area contributed by atoms with Gasteiger partial charge in [0.05, 0.1) is 0 Å². The molecule has 0 amide bonds. The molecule has 0 radical (unpaired) electrons. The number of anilines is 1. The average Bonchev–Trinajstić information content (AvgIpc) is 2.87. The second kappa shape index (κ2) is 4.20. The number of nitrogens with zero attached hydrogens (tertiary/aromatic N) is 4. The Balaban J connectivity index is 1.87. The zero-order valence-electron chi connectivity index (χ0n) is 10.3. The third-order valence-corrected chi connectivity index (χ3v) is 3.93. The first-order chi connectivity index (χ1) is 8.65. The topological polar surface area (TPSA) is 62.5 Å². The Morgan fingerprint density at radius 1 is 1.44 bits per heavy atom. The van der Waals surface area contributed by atoms with Crippen LogP contribution in [0.2, 0.25) is 0 Å². The van der Waals surface area contributed by atoms with Crippen LogP contribution in [0.4, 0.5) is 11.6 Å². The van der Waals surface area contributed by atoms with Crippen LogP contribution in [0.25, 0.3) is 0 Å². The molecule has 0 spiro atoms. The number of aromatic nitrogens is 1. The maximum atomic E-state index is 10.8. The largest absolute Gasteiger partial charge is 0.365 e. The van der Waals surface area contributed by atoms with Gasteiger partial charge < -0.3 is 19.9 Å². The molecule has 1 aromatic heterocycles. The fourth-order valence-corrected chi connectivity index (χ4v) is 3.13. The Bertz CT molecular complexity index is 479. The highest BCUT2D eigenvalue weighted by Crippen LogP contribution is 2.33. The van der Waals surface area contributed by atoms with E-state index in [0.29, 0.717) is 12.0 Å². The molecule has 3 rings (SSSR count). The summed E-state index contributed by atoms with van der Waals surface area (Å²) in [6, 6.07) is 5.49. The SMILES string of the molecule is CN1CC2CCN(c3cccc([N+](=O)[O-])n3)C2C1. The van der Waals surface area contributed by atoms with Crippen molar-refractivity contribution >= 4 is 11.6 Å². The van der Waals surface area contributed by atoms with E-state index < -0.39 is 4.92 Å². The van der Waals surface area contributed by atoms with Crippen molar-refractivity contribution in [1.29, 1.82) is 0 Å². The summed E-state index contributed by atoms with van der Waals surface area (Å²) in [6.07, 6.45) is 1.15. The quantitative estimate of drug-likeness (QED) is 0.580. The van der Waals surface area contributed by atoms with Gasteiger partial charge in [-0.1, -0.05) is 0 Å². The van der Waals surface area contributed by atoms with Gasteiger partial charge in [-0.25, -0.2) is 0 Å². The average molecular weight is 248 g/mol. The van der Waals surface area contributed by atoms with E-state index in [4.69, 9.17) is 0 Å². The lowest BCUT2D eigenvalue weighted by Crippen LogP contribution is -2.35. The van der Waals surface area contributed by atoms with Crippen molar-refractivity contribution in [1.82, 2.24) is 9.88 Å². The fourth-order valence-electron chi connectivity index (χ4n) is 3.13. The smallest absolute Gasteiger partial charge is 0.358 e. The molecule has 2 saturated heterocycles. The van der Waals surface area contributed by atoms with Crippen LogP contribution in [0.3, 0.4) is 0 Å². The minimum atomic E-state index is -0.433. The van der Waals surface area contributed by atoms with Crippen molar-refractivity contribution in [3.8, 4) is 0 Å². The van der Waals surface area contributed by atoms with Gasteiger partial charge in [0, 0.05) is 37.8 Å². The van der Waals surface area contributed by atoms with Crippen molar-refractivity contribution in [2.45, 2.75) is 12.5 Å². The van der Waals surface area contributed by atoms with E-state index in [-0.39, 0.29) is 5.82 Å². The molecule has 2 unspecified atom stereocenters. The summed E-state index contributed by atoms with van der Waals surface area (Å²) in [7, 11) is 2.12. The zero-order chi connectivity index (χ0) is 12.7. The number of likely N-dealkylation sites (N-methyl/N-ethyl adjacent to an activating group) is 1. The predicted molar refractivity (Wildman–Crippen MR) is 67.6 cm³/mol. The molecule has 0 bridgehead atoms. The van der Waals surface area contributed by atoms with E-state index >= 15 is 0 Å². The Kier molecular flexibility index (Phi) is 2.66. The van der Waals surface area contributed by atoms with Crippen molar-refractivity contribution in [3.63, 3.8) is 0 Å². The summed E-state index contributed by atoms with van der Waals surface area (Å²) >= 11 is 0. The van der Waals surface area contributed by atoms with Crippen molar-refractivity contribution in [3.05, 3.63) is 28.3 Å². The van der Waals surface area contributed by atoms with Crippen LogP contribution in [-0.2, 0) is 0 Å². The number of hydrogen-bond donors (Lipinski definition) is 0. The van der Waals surface area contributed by atoms with E-state index in [1.165, 1.54) is 6.07 Å². The minimum absolute atomic E-state index is 0.0673. The molecule has 1 aromatic rings. The summed E-state index contributed by atoms with van der Waals surface area (Å²) in [5.74, 6) is 1.35. The van der Waals surface area contributed by atoms with Gasteiger partial charge in [-0.05, 0) is 35.4 Å². The molecule has 0 aliphatic carbocycles.